The van der Waals surface area contributed by atoms with Gasteiger partial charge in [0.1, 0.15) is 10.6 Å². The molecule has 0 bridgehead atoms. The Morgan fingerprint density at radius 2 is 1.94 bits per heavy atom. The summed E-state index contributed by atoms with van der Waals surface area (Å²) in [6.45, 7) is 1.73. The average Bonchev–Trinajstić information content (AvgIpc) is 2.36. The largest absolute Gasteiger partial charge is 0.495 e. The molecule has 0 spiro atoms. The molecule has 0 aliphatic heterocycles. The summed E-state index contributed by atoms with van der Waals surface area (Å²) in [5.74, 6) is 0.129. The van der Waals surface area contributed by atoms with Crippen LogP contribution in [0.5, 0.6) is 5.75 Å². The summed E-state index contributed by atoms with van der Waals surface area (Å²) in [5.41, 5.74) is 0.374. The molecule has 1 aromatic carbocycles. The molecular formula is C12H17NO4S. The van der Waals surface area contributed by atoms with Gasteiger partial charge >= 0.3 is 0 Å². The highest BCUT2D eigenvalue weighted by atomic mass is 32.2. The van der Waals surface area contributed by atoms with E-state index in [-0.39, 0.29) is 16.4 Å². The zero-order valence-corrected chi connectivity index (χ0v) is 11.7. The van der Waals surface area contributed by atoms with Crippen molar-refractivity contribution in [1.82, 2.24) is 4.31 Å². The second-order valence-electron chi connectivity index (χ2n) is 3.93. The smallest absolute Gasteiger partial charge is 0.246 e. The number of Topliss-reactive ketones (excluding diaryl/α,β-unsaturated/α-hetero) is 1. The quantitative estimate of drug-likeness (QED) is 0.762. The van der Waals surface area contributed by atoms with Gasteiger partial charge in [0.05, 0.1) is 7.11 Å². The molecule has 0 saturated carbocycles. The molecule has 0 unspecified atom stereocenters. The highest BCUT2D eigenvalue weighted by molar-refractivity contribution is 7.89. The minimum Gasteiger partial charge on any atom is -0.495 e. The van der Waals surface area contributed by atoms with Gasteiger partial charge in [-0.2, -0.15) is 0 Å². The summed E-state index contributed by atoms with van der Waals surface area (Å²) >= 11 is 0. The van der Waals surface area contributed by atoms with Gasteiger partial charge < -0.3 is 4.74 Å². The second kappa shape index (κ2) is 5.49. The number of ketones is 1. The number of hydrogen-bond donors (Lipinski definition) is 0. The lowest BCUT2D eigenvalue weighted by Gasteiger charge is -2.15. The van der Waals surface area contributed by atoms with Crippen LogP contribution in [0.25, 0.3) is 0 Å². The Bertz CT molecular complexity index is 549. The van der Waals surface area contributed by atoms with Gasteiger partial charge in [0.25, 0.3) is 0 Å². The number of ether oxygens (including phenoxy) is 1. The Morgan fingerprint density at radius 3 is 2.39 bits per heavy atom. The van der Waals surface area contributed by atoms with Gasteiger partial charge in [-0.1, -0.05) is 6.92 Å². The molecule has 18 heavy (non-hydrogen) atoms. The van der Waals surface area contributed by atoms with Crippen LogP contribution in [-0.2, 0) is 10.0 Å². The molecule has 0 fully saturated rings. The third kappa shape index (κ3) is 2.70. The van der Waals surface area contributed by atoms with E-state index < -0.39 is 10.0 Å². The predicted molar refractivity (Wildman–Crippen MR) is 68.5 cm³/mol. The molecular weight excluding hydrogens is 254 g/mol. The zero-order chi connectivity index (χ0) is 13.9. The molecule has 0 atom stereocenters. The summed E-state index contributed by atoms with van der Waals surface area (Å²) in [5, 5.41) is 0. The SMILES string of the molecule is CCC(=O)c1ccc(OC)c(S(=O)(=O)N(C)C)c1. The molecule has 0 amide bonds. The van der Waals surface area contributed by atoms with Crippen LogP contribution in [0.2, 0.25) is 0 Å². The fourth-order valence-corrected chi connectivity index (χ4v) is 2.53. The van der Waals surface area contributed by atoms with Gasteiger partial charge in [-0.25, -0.2) is 12.7 Å². The van der Waals surface area contributed by atoms with Gasteiger partial charge in [-0.15, -0.1) is 0 Å². The van der Waals surface area contributed by atoms with E-state index in [1.807, 2.05) is 0 Å². The van der Waals surface area contributed by atoms with Crippen LogP contribution in [0, 0.1) is 0 Å². The zero-order valence-electron chi connectivity index (χ0n) is 10.9. The first-order chi connectivity index (χ1) is 8.34. The van der Waals surface area contributed by atoms with Gasteiger partial charge in [0, 0.05) is 26.1 Å². The van der Waals surface area contributed by atoms with Gasteiger partial charge in [0.2, 0.25) is 10.0 Å². The fraction of sp³-hybridized carbons (Fsp3) is 0.417. The molecule has 0 radical (unpaired) electrons. The van der Waals surface area contributed by atoms with Crippen molar-refractivity contribution in [2.24, 2.45) is 0 Å². The van der Waals surface area contributed by atoms with Crippen molar-refractivity contribution in [3.05, 3.63) is 23.8 Å². The van der Waals surface area contributed by atoms with E-state index in [9.17, 15) is 13.2 Å². The number of carbonyl (C=O) groups excluding carboxylic acids is 1. The van der Waals surface area contributed by atoms with Crippen molar-refractivity contribution in [3.63, 3.8) is 0 Å². The van der Waals surface area contributed by atoms with Gasteiger partial charge in [0.15, 0.2) is 5.78 Å². The maximum absolute atomic E-state index is 12.1. The summed E-state index contributed by atoms with van der Waals surface area (Å²) in [6.07, 6.45) is 0.327. The number of carbonyl (C=O) groups is 1. The Hall–Kier alpha value is -1.40. The van der Waals surface area contributed by atoms with Gasteiger partial charge in [-0.3, -0.25) is 4.79 Å². The van der Waals surface area contributed by atoms with Crippen LogP contribution in [0.3, 0.4) is 0 Å². The summed E-state index contributed by atoms with van der Waals surface area (Å²) in [6, 6.07) is 4.43. The van der Waals surface area contributed by atoms with Crippen LogP contribution < -0.4 is 4.74 Å². The highest BCUT2D eigenvalue weighted by Crippen LogP contribution is 2.27. The van der Waals surface area contributed by atoms with Crippen molar-refractivity contribution >= 4 is 15.8 Å². The van der Waals surface area contributed by atoms with Crippen LogP contribution in [-0.4, -0.2) is 39.7 Å². The number of nitrogens with zero attached hydrogens (tertiary/aromatic N) is 1. The molecule has 1 rings (SSSR count). The lowest BCUT2D eigenvalue weighted by Crippen LogP contribution is -2.23. The van der Waals surface area contributed by atoms with E-state index in [1.54, 1.807) is 13.0 Å². The molecule has 0 aromatic heterocycles. The third-order valence-electron chi connectivity index (χ3n) is 2.57. The maximum atomic E-state index is 12.1. The number of rotatable bonds is 5. The molecule has 0 N–H and O–H groups in total. The molecule has 1 aromatic rings. The van der Waals surface area contributed by atoms with Crippen molar-refractivity contribution in [2.75, 3.05) is 21.2 Å². The van der Waals surface area contributed by atoms with Crippen molar-refractivity contribution < 1.29 is 17.9 Å². The maximum Gasteiger partial charge on any atom is 0.246 e. The monoisotopic (exact) mass is 271 g/mol. The lowest BCUT2D eigenvalue weighted by atomic mass is 10.1. The lowest BCUT2D eigenvalue weighted by molar-refractivity contribution is 0.0988. The molecule has 0 aliphatic carbocycles. The van der Waals surface area contributed by atoms with Crippen LogP contribution in [0.15, 0.2) is 23.1 Å². The Kier molecular flexibility index (Phi) is 4.48. The number of methoxy groups -OCH3 is 1. The highest BCUT2D eigenvalue weighted by Gasteiger charge is 2.23. The minimum absolute atomic E-state index is 0.00861. The molecule has 0 saturated heterocycles. The number of sulfonamides is 1. The Morgan fingerprint density at radius 1 is 1.33 bits per heavy atom. The van der Waals surface area contributed by atoms with E-state index >= 15 is 0 Å². The van der Waals surface area contributed by atoms with Crippen molar-refractivity contribution in [2.45, 2.75) is 18.2 Å². The van der Waals surface area contributed by atoms with Crippen molar-refractivity contribution in [1.29, 1.82) is 0 Å². The fourth-order valence-electron chi connectivity index (χ4n) is 1.45. The molecule has 5 nitrogen and oxygen atoms in total. The summed E-state index contributed by atoms with van der Waals surface area (Å²) < 4.78 is 30.3. The Labute approximate surface area is 107 Å². The topological polar surface area (TPSA) is 63.7 Å². The van der Waals surface area contributed by atoms with E-state index in [0.29, 0.717) is 12.0 Å². The first kappa shape index (κ1) is 14.7. The average molecular weight is 271 g/mol. The molecule has 0 heterocycles. The van der Waals surface area contributed by atoms with Crippen LogP contribution in [0.1, 0.15) is 23.7 Å². The number of benzene rings is 1. The molecule has 100 valence electrons. The van der Waals surface area contributed by atoms with E-state index in [1.165, 1.54) is 33.3 Å². The minimum atomic E-state index is -3.63. The standard InChI is InChI=1S/C12H17NO4S/c1-5-10(14)9-6-7-11(17-4)12(8-9)18(15,16)13(2)3/h6-8H,5H2,1-4H3. The van der Waals surface area contributed by atoms with E-state index in [4.69, 9.17) is 4.74 Å². The Balaban J connectivity index is 3.45. The van der Waals surface area contributed by atoms with E-state index in [0.717, 1.165) is 4.31 Å². The van der Waals surface area contributed by atoms with Gasteiger partial charge in [-0.05, 0) is 18.2 Å². The summed E-state index contributed by atoms with van der Waals surface area (Å²) in [4.78, 5) is 11.6. The molecule has 6 heteroatoms. The molecule has 0 aliphatic rings. The summed E-state index contributed by atoms with van der Waals surface area (Å²) in [7, 11) is 0.634. The first-order valence-corrected chi connectivity index (χ1v) is 6.92. The van der Waals surface area contributed by atoms with Crippen molar-refractivity contribution in [3.8, 4) is 5.75 Å². The second-order valence-corrected chi connectivity index (χ2v) is 6.05. The third-order valence-corrected chi connectivity index (χ3v) is 4.40. The normalized spacial score (nSPS) is 11.6. The first-order valence-electron chi connectivity index (χ1n) is 5.48. The van der Waals surface area contributed by atoms with Crippen LogP contribution >= 0.6 is 0 Å². The van der Waals surface area contributed by atoms with E-state index in [2.05, 4.69) is 0 Å². The number of hydrogen-bond acceptors (Lipinski definition) is 4. The van der Waals surface area contributed by atoms with Crippen LogP contribution in [0.4, 0.5) is 0 Å². The predicted octanol–water partition coefficient (Wildman–Crippen LogP) is 1.54.